The van der Waals surface area contributed by atoms with E-state index in [1.54, 1.807) is 0 Å². The average molecular weight is 527 g/mol. The van der Waals surface area contributed by atoms with Gasteiger partial charge in [0, 0.05) is 45.2 Å². The molecule has 0 atom stereocenters. The minimum atomic E-state index is 0. The molecule has 1 aromatic heterocycles. The summed E-state index contributed by atoms with van der Waals surface area (Å²) in [5.41, 5.74) is 2.38. The predicted octanol–water partition coefficient (Wildman–Crippen LogP) is 3.34. The van der Waals surface area contributed by atoms with Crippen molar-refractivity contribution in [2.24, 2.45) is 4.99 Å². The summed E-state index contributed by atoms with van der Waals surface area (Å²) in [5, 5.41) is 10.9. The number of aromatic nitrogens is 2. The monoisotopic (exact) mass is 527 g/mol. The normalized spacial score (nSPS) is 14.9. The smallest absolute Gasteiger partial charge is 0.191 e. The van der Waals surface area contributed by atoms with Gasteiger partial charge in [-0.3, -0.25) is 4.68 Å². The molecule has 166 valence electrons. The highest BCUT2D eigenvalue weighted by Gasteiger charge is 2.14. The Labute approximate surface area is 196 Å². The highest BCUT2D eigenvalue weighted by molar-refractivity contribution is 14.0. The van der Waals surface area contributed by atoms with E-state index in [1.807, 2.05) is 23.1 Å². The topological polar surface area (TPSA) is 72.7 Å². The van der Waals surface area contributed by atoms with E-state index >= 15 is 0 Å². The zero-order chi connectivity index (χ0) is 20.2. The fourth-order valence-corrected chi connectivity index (χ4v) is 3.27. The summed E-state index contributed by atoms with van der Waals surface area (Å²) in [5.74, 6) is 0.844. The number of ether oxygens (including phenoxy) is 2. The maximum atomic E-state index is 6.04. The first-order chi connectivity index (χ1) is 14.3. The molecule has 8 heteroatoms. The Balaban J connectivity index is 0.00000320. The number of aliphatic imine (C=N–C) groups is 1. The Morgan fingerprint density at radius 2 is 2.07 bits per heavy atom. The molecule has 1 aliphatic heterocycles. The van der Waals surface area contributed by atoms with Gasteiger partial charge >= 0.3 is 0 Å². The maximum absolute atomic E-state index is 6.04. The van der Waals surface area contributed by atoms with Crippen molar-refractivity contribution in [1.29, 1.82) is 0 Å². The van der Waals surface area contributed by atoms with Gasteiger partial charge in [0.05, 0.1) is 19.3 Å². The molecule has 2 aromatic rings. The minimum Gasteiger partial charge on any atom is -0.381 e. The van der Waals surface area contributed by atoms with Crippen LogP contribution in [0.5, 0.6) is 0 Å². The summed E-state index contributed by atoms with van der Waals surface area (Å²) < 4.78 is 13.4. The molecule has 0 radical (unpaired) electrons. The van der Waals surface area contributed by atoms with E-state index in [1.165, 1.54) is 11.1 Å². The second kappa shape index (κ2) is 14.4. The van der Waals surface area contributed by atoms with Crippen molar-refractivity contribution >= 4 is 29.9 Å². The summed E-state index contributed by atoms with van der Waals surface area (Å²) in [7, 11) is 0. The van der Waals surface area contributed by atoms with Crippen molar-refractivity contribution in [3.8, 4) is 0 Å². The molecule has 0 unspecified atom stereocenters. The largest absolute Gasteiger partial charge is 0.381 e. The molecular weight excluding hydrogens is 493 g/mol. The van der Waals surface area contributed by atoms with E-state index in [9.17, 15) is 0 Å². The molecule has 2 heterocycles. The lowest BCUT2D eigenvalue weighted by Gasteiger charge is -2.22. The van der Waals surface area contributed by atoms with E-state index < -0.39 is 0 Å². The van der Waals surface area contributed by atoms with Crippen molar-refractivity contribution in [1.82, 2.24) is 20.4 Å². The van der Waals surface area contributed by atoms with Crippen LogP contribution in [0, 0.1) is 0 Å². The van der Waals surface area contributed by atoms with Crippen molar-refractivity contribution in [3.63, 3.8) is 0 Å². The van der Waals surface area contributed by atoms with Gasteiger partial charge in [-0.05, 0) is 43.4 Å². The van der Waals surface area contributed by atoms with Crippen LogP contribution in [0.4, 0.5) is 0 Å². The Morgan fingerprint density at radius 1 is 1.23 bits per heavy atom. The van der Waals surface area contributed by atoms with Gasteiger partial charge in [-0.15, -0.1) is 24.0 Å². The second-order valence-corrected chi connectivity index (χ2v) is 7.19. The molecule has 30 heavy (non-hydrogen) atoms. The lowest BCUT2D eigenvalue weighted by molar-refractivity contribution is -0.0390. The van der Waals surface area contributed by atoms with Crippen LogP contribution in [0.3, 0.4) is 0 Å². The van der Waals surface area contributed by atoms with E-state index in [0.29, 0.717) is 19.3 Å². The molecule has 0 saturated carbocycles. The summed E-state index contributed by atoms with van der Waals surface area (Å²) in [6.45, 7) is 7.56. The number of nitrogens with zero attached hydrogens (tertiary/aromatic N) is 3. The van der Waals surface area contributed by atoms with Gasteiger partial charge in [0.2, 0.25) is 0 Å². The van der Waals surface area contributed by atoms with E-state index in [0.717, 1.165) is 58.1 Å². The molecule has 1 aliphatic rings. The van der Waals surface area contributed by atoms with E-state index in [2.05, 4.69) is 46.9 Å². The molecule has 2 N–H and O–H groups in total. The van der Waals surface area contributed by atoms with Crippen LogP contribution in [0.2, 0.25) is 0 Å². The number of benzene rings is 1. The zero-order valence-corrected chi connectivity index (χ0v) is 20.1. The first kappa shape index (κ1) is 24.6. The Morgan fingerprint density at radius 3 is 2.83 bits per heavy atom. The number of guanidine groups is 1. The van der Waals surface area contributed by atoms with Crippen LogP contribution >= 0.6 is 24.0 Å². The molecule has 0 aliphatic carbocycles. The average Bonchev–Trinajstić information content (AvgIpc) is 3.28. The minimum absolute atomic E-state index is 0. The quantitative estimate of drug-likeness (QED) is 0.215. The van der Waals surface area contributed by atoms with Crippen molar-refractivity contribution in [2.45, 2.75) is 52.0 Å². The first-order valence-electron chi connectivity index (χ1n) is 10.6. The SMILES string of the molecule is CCNC(=NCc1cccc(COC2CCOCC2)c1)NCCCn1cccn1.I. The fraction of sp³-hybridized carbons (Fsp3) is 0.545. The van der Waals surface area contributed by atoms with Gasteiger partial charge in [0.15, 0.2) is 5.96 Å². The highest BCUT2D eigenvalue weighted by atomic mass is 127. The van der Waals surface area contributed by atoms with E-state index in [4.69, 9.17) is 14.5 Å². The molecular formula is C22H34IN5O2. The van der Waals surface area contributed by atoms with Gasteiger partial charge < -0.3 is 20.1 Å². The molecule has 1 saturated heterocycles. The molecule has 0 bridgehead atoms. The molecule has 0 spiro atoms. The summed E-state index contributed by atoms with van der Waals surface area (Å²) in [6, 6.07) is 10.4. The second-order valence-electron chi connectivity index (χ2n) is 7.19. The van der Waals surface area contributed by atoms with Gasteiger partial charge in [0.25, 0.3) is 0 Å². The van der Waals surface area contributed by atoms with Gasteiger partial charge in [0.1, 0.15) is 0 Å². The number of hydrogen-bond acceptors (Lipinski definition) is 4. The first-order valence-corrected chi connectivity index (χ1v) is 10.6. The third kappa shape index (κ3) is 9.01. The number of halogens is 1. The van der Waals surface area contributed by atoms with Crippen molar-refractivity contribution in [3.05, 3.63) is 53.9 Å². The van der Waals surface area contributed by atoms with Crippen LogP contribution in [-0.4, -0.2) is 48.1 Å². The number of nitrogens with one attached hydrogen (secondary N) is 2. The van der Waals surface area contributed by atoms with Crippen LogP contribution in [-0.2, 0) is 29.2 Å². The molecule has 3 rings (SSSR count). The highest BCUT2D eigenvalue weighted by Crippen LogP contribution is 2.14. The third-order valence-electron chi connectivity index (χ3n) is 4.83. The van der Waals surface area contributed by atoms with E-state index in [-0.39, 0.29) is 24.0 Å². The molecule has 1 aromatic carbocycles. The van der Waals surface area contributed by atoms with Gasteiger partial charge in [-0.25, -0.2) is 4.99 Å². The van der Waals surface area contributed by atoms with Crippen LogP contribution in [0.15, 0.2) is 47.7 Å². The molecule has 7 nitrogen and oxygen atoms in total. The number of rotatable bonds is 10. The lowest BCUT2D eigenvalue weighted by Crippen LogP contribution is -2.38. The van der Waals surface area contributed by atoms with Crippen molar-refractivity contribution in [2.75, 3.05) is 26.3 Å². The third-order valence-corrected chi connectivity index (χ3v) is 4.83. The summed E-state index contributed by atoms with van der Waals surface area (Å²) >= 11 is 0. The Hall–Kier alpha value is -1.65. The standard InChI is InChI=1S/C22H33N5O2.HI/c1-2-23-22(24-10-4-12-27-13-5-11-26-27)25-17-19-6-3-7-20(16-19)18-29-21-8-14-28-15-9-21;/h3,5-7,11,13,16,21H,2,4,8-10,12,14-15,17-18H2,1H3,(H2,23,24,25);1H. The zero-order valence-electron chi connectivity index (χ0n) is 17.8. The maximum Gasteiger partial charge on any atom is 0.191 e. The van der Waals surface area contributed by atoms with Crippen LogP contribution < -0.4 is 10.6 Å². The van der Waals surface area contributed by atoms with Gasteiger partial charge in [-0.1, -0.05) is 24.3 Å². The van der Waals surface area contributed by atoms with Crippen LogP contribution in [0.1, 0.15) is 37.3 Å². The fourth-order valence-electron chi connectivity index (χ4n) is 3.27. The summed E-state index contributed by atoms with van der Waals surface area (Å²) in [6.07, 6.45) is 7.08. The lowest BCUT2D eigenvalue weighted by atomic mass is 10.1. The Kier molecular flexibility index (Phi) is 11.8. The van der Waals surface area contributed by atoms with Gasteiger partial charge in [-0.2, -0.15) is 5.10 Å². The number of hydrogen-bond donors (Lipinski definition) is 2. The Bertz CT molecular complexity index is 733. The predicted molar refractivity (Wildman–Crippen MR) is 130 cm³/mol. The molecule has 1 fully saturated rings. The van der Waals surface area contributed by atoms with Crippen molar-refractivity contribution < 1.29 is 9.47 Å². The van der Waals surface area contributed by atoms with Crippen LogP contribution in [0.25, 0.3) is 0 Å². The number of aryl methyl sites for hydroxylation is 1. The summed E-state index contributed by atoms with van der Waals surface area (Å²) in [4.78, 5) is 4.72. The molecule has 0 amide bonds.